The van der Waals surface area contributed by atoms with Crippen LogP contribution in [0, 0.1) is 5.92 Å². The Morgan fingerprint density at radius 1 is 1.61 bits per heavy atom. The predicted octanol–water partition coefficient (Wildman–Crippen LogP) is 1.09. The molecule has 0 aromatic carbocycles. The van der Waals surface area contributed by atoms with Crippen LogP contribution in [-0.4, -0.2) is 28.9 Å². The normalized spacial score (nSPS) is 24.3. The molecule has 2 atom stereocenters. The molecule has 1 aromatic heterocycles. The highest BCUT2D eigenvalue weighted by Crippen LogP contribution is 2.26. The van der Waals surface area contributed by atoms with Crippen molar-refractivity contribution in [2.24, 2.45) is 11.7 Å². The van der Waals surface area contributed by atoms with E-state index in [0.717, 1.165) is 19.5 Å². The maximum absolute atomic E-state index is 11.9. The van der Waals surface area contributed by atoms with Crippen molar-refractivity contribution in [2.45, 2.75) is 32.9 Å². The first-order valence-electron chi connectivity index (χ1n) is 6.30. The molecule has 1 aliphatic rings. The smallest absolute Gasteiger partial charge is 0.287 e. The number of anilines is 1. The lowest BCUT2D eigenvalue weighted by atomic mass is 9.94. The van der Waals surface area contributed by atoms with Gasteiger partial charge in [0, 0.05) is 25.7 Å². The zero-order valence-electron chi connectivity index (χ0n) is 10.8. The lowest BCUT2D eigenvalue weighted by Gasteiger charge is -2.36. The number of nitrogens with two attached hydrogens (primary N) is 1. The molecular weight excluding hydrogens is 252 g/mol. The fraction of sp³-hybridized carbons (Fsp3) is 0.667. The maximum atomic E-state index is 11.9. The first-order valence-corrected chi connectivity index (χ1v) is 6.68. The molecule has 100 valence electrons. The number of rotatable bonds is 2. The first kappa shape index (κ1) is 13.4. The van der Waals surface area contributed by atoms with E-state index in [-0.39, 0.29) is 16.6 Å². The molecule has 0 saturated carbocycles. The maximum Gasteiger partial charge on any atom is 0.287 e. The number of hydrogen-bond donors (Lipinski definition) is 1. The summed E-state index contributed by atoms with van der Waals surface area (Å²) in [7, 11) is 0. The average Bonchev–Trinajstić information content (AvgIpc) is 2.36. The van der Waals surface area contributed by atoms with E-state index < -0.39 is 0 Å². The summed E-state index contributed by atoms with van der Waals surface area (Å²) in [5.74, 6) is 0.504. The van der Waals surface area contributed by atoms with Crippen LogP contribution in [0.2, 0.25) is 5.02 Å². The lowest BCUT2D eigenvalue weighted by Crippen LogP contribution is -2.48. The molecule has 0 bridgehead atoms. The van der Waals surface area contributed by atoms with Crippen LogP contribution in [0.5, 0.6) is 0 Å². The van der Waals surface area contributed by atoms with E-state index in [1.54, 1.807) is 6.20 Å². The second-order valence-corrected chi connectivity index (χ2v) is 5.22. The van der Waals surface area contributed by atoms with Gasteiger partial charge in [0.05, 0.1) is 11.9 Å². The van der Waals surface area contributed by atoms with Crippen molar-refractivity contribution in [1.29, 1.82) is 0 Å². The van der Waals surface area contributed by atoms with Crippen LogP contribution >= 0.6 is 11.6 Å². The zero-order valence-corrected chi connectivity index (χ0v) is 11.5. The topological polar surface area (TPSA) is 64.2 Å². The summed E-state index contributed by atoms with van der Waals surface area (Å²) < 4.78 is 1.36. The van der Waals surface area contributed by atoms with E-state index in [0.29, 0.717) is 18.2 Å². The third-order valence-electron chi connectivity index (χ3n) is 3.62. The molecule has 0 aliphatic carbocycles. The van der Waals surface area contributed by atoms with Gasteiger partial charge in [0.25, 0.3) is 5.56 Å². The molecule has 2 unspecified atom stereocenters. The Hall–Kier alpha value is -1.07. The van der Waals surface area contributed by atoms with Gasteiger partial charge in [0.15, 0.2) is 0 Å². The van der Waals surface area contributed by atoms with Gasteiger partial charge in [-0.1, -0.05) is 18.5 Å². The summed E-state index contributed by atoms with van der Waals surface area (Å²) in [6.45, 7) is 6.12. The van der Waals surface area contributed by atoms with Crippen molar-refractivity contribution in [3.63, 3.8) is 0 Å². The Kier molecular flexibility index (Phi) is 3.92. The van der Waals surface area contributed by atoms with Crippen LogP contribution in [0.4, 0.5) is 5.69 Å². The van der Waals surface area contributed by atoms with Gasteiger partial charge in [-0.15, -0.1) is 0 Å². The molecule has 0 amide bonds. The second-order valence-electron chi connectivity index (χ2n) is 4.84. The third kappa shape index (κ3) is 2.37. The average molecular weight is 271 g/mol. The molecule has 0 radical (unpaired) electrons. The van der Waals surface area contributed by atoms with Crippen molar-refractivity contribution >= 4 is 17.3 Å². The van der Waals surface area contributed by atoms with E-state index in [4.69, 9.17) is 17.3 Å². The van der Waals surface area contributed by atoms with Gasteiger partial charge in [0.2, 0.25) is 0 Å². The van der Waals surface area contributed by atoms with E-state index in [2.05, 4.69) is 16.9 Å². The van der Waals surface area contributed by atoms with Crippen LogP contribution in [0.1, 0.15) is 20.3 Å². The van der Waals surface area contributed by atoms with Crippen LogP contribution in [0.15, 0.2) is 11.0 Å². The molecular formula is C12H19ClN4O. The summed E-state index contributed by atoms with van der Waals surface area (Å²) >= 11 is 6.14. The van der Waals surface area contributed by atoms with Crippen molar-refractivity contribution in [3.8, 4) is 0 Å². The molecule has 2 heterocycles. The number of hydrogen-bond acceptors (Lipinski definition) is 4. The minimum absolute atomic E-state index is 0.114. The molecule has 0 spiro atoms. The standard InChI is InChI=1S/C12H19ClN4O/c1-3-17-12(18)11(13)10(6-15-17)16-5-4-8(2)9(14)7-16/h6,8-9H,3-5,7,14H2,1-2H3. The fourth-order valence-corrected chi connectivity index (χ4v) is 2.49. The second kappa shape index (κ2) is 5.28. The number of aryl methyl sites for hydroxylation is 1. The van der Waals surface area contributed by atoms with Crippen LogP contribution < -0.4 is 16.2 Å². The highest BCUT2D eigenvalue weighted by molar-refractivity contribution is 6.33. The molecule has 1 aromatic rings. The molecule has 6 heteroatoms. The summed E-state index contributed by atoms with van der Waals surface area (Å²) in [5, 5.41) is 4.36. The van der Waals surface area contributed by atoms with Crippen LogP contribution in [-0.2, 0) is 6.54 Å². The number of aromatic nitrogens is 2. The van der Waals surface area contributed by atoms with Crippen molar-refractivity contribution in [2.75, 3.05) is 18.0 Å². The van der Waals surface area contributed by atoms with Gasteiger partial charge in [-0.3, -0.25) is 4.79 Å². The minimum Gasteiger partial charge on any atom is -0.367 e. The Balaban J connectivity index is 2.29. The van der Waals surface area contributed by atoms with Gasteiger partial charge in [-0.05, 0) is 19.3 Å². The third-order valence-corrected chi connectivity index (χ3v) is 3.98. The molecule has 2 rings (SSSR count). The van der Waals surface area contributed by atoms with Crippen LogP contribution in [0.25, 0.3) is 0 Å². The fourth-order valence-electron chi connectivity index (χ4n) is 2.22. The molecule has 5 nitrogen and oxygen atoms in total. The quantitative estimate of drug-likeness (QED) is 0.874. The number of nitrogens with zero attached hydrogens (tertiary/aromatic N) is 3. The zero-order chi connectivity index (χ0) is 13.3. The summed E-state index contributed by atoms with van der Waals surface area (Å²) in [5.41, 5.74) is 6.53. The van der Waals surface area contributed by atoms with Crippen molar-refractivity contribution in [3.05, 3.63) is 21.6 Å². The molecule has 1 saturated heterocycles. The Labute approximate surface area is 112 Å². The Bertz CT molecular complexity index is 487. The highest BCUT2D eigenvalue weighted by atomic mass is 35.5. The largest absolute Gasteiger partial charge is 0.367 e. The minimum atomic E-state index is -0.233. The molecule has 18 heavy (non-hydrogen) atoms. The van der Waals surface area contributed by atoms with Gasteiger partial charge in [-0.25, -0.2) is 4.68 Å². The van der Waals surface area contributed by atoms with Gasteiger partial charge < -0.3 is 10.6 Å². The van der Waals surface area contributed by atoms with Gasteiger partial charge >= 0.3 is 0 Å². The molecule has 2 N–H and O–H groups in total. The van der Waals surface area contributed by atoms with Crippen molar-refractivity contribution < 1.29 is 0 Å². The predicted molar refractivity (Wildman–Crippen MR) is 73.2 cm³/mol. The summed E-state index contributed by atoms with van der Waals surface area (Å²) in [6.07, 6.45) is 2.67. The van der Waals surface area contributed by atoms with E-state index >= 15 is 0 Å². The van der Waals surface area contributed by atoms with E-state index in [1.807, 2.05) is 6.92 Å². The molecule has 1 aliphatic heterocycles. The van der Waals surface area contributed by atoms with E-state index in [9.17, 15) is 4.79 Å². The van der Waals surface area contributed by atoms with Crippen molar-refractivity contribution in [1.82, 2.24) is 9.78 Å². The highest BCUT2D eigenvalue weighted by Gasteiger charge is 2.25. The number of halogens is 1. The summed E-state index contributed by atoms with van der Waals surface area (Å²) in [6, 6.07) is 0.114. The molecule has 1 fully saturated rings. The monoisotopic (exact) mass is 270 g/mol. The Morgan fingerprint density at radius 3 is 2.94 bits per heavy atom. The SMILES string of the molecule is CCn1ncc(N2CCC(C)C(N)C2)c(Cl)c1=O. The van der Waals surface area contributed by atoms with Crippen LogP contribution in [0.3, 0.4) is 0 Å². The first-order chi connectivity index (χ1) is 8.54. The number of piperidine rings is 1. The lowest BCUT2D eigenvalue weighted by molar-refractivity contribution is 0.379. The summed E-state index contributed by atoms with van der Waals surface area (Å²) in [4.78, 5) is 14.0. The van der Waals surface area contributed by atoms with Gasteiger partial charge in [0.1, 0.15) is 5.02 Å². The van der Waals surface area contributed by atoms with E-state index in [1.165, 1.54) is 4.68 Å². The van der Waals surface area contributed by atoms with Gasteiger partial charge in [-0.2, -0.15) is 5.10 Å². The Morgan fingerprint density at radius 2 is 2.33 bits per heavy atom.